The Hall–Kier alpha value is -1.88. The van der Waals surface area contributed by atoms with Crippen LogP contribution in [0.1, 0.15) is 0 Å². The molecule has 0 unspecified atom stereocenters. The molecule has 0 atom stereocenters. The first-order valence-corrected chi connectivity index (χ1v) is 6.08. The number of pyridine rings is 1. The molecular weight excluding hydrogens is 226 g/mol. The number of benzene rings is 1. The van der Waals surface area contributed by atoms with E-state index in [4.69, 9.17) is 0 Å². The first-order chi connectivity index (χ1) is 7.60. The fourth-order valence-corrected chi connectivity index (χ4v) is 2.62. The van der Waals surface area contributed by atoms with E-state index in [2.05, 4.69) is 0 Å². The molecule has 5 heteroatoms. The number of rotatable bonds is 2. The van der Waals surface area contributed by atoms with Crippen LogP contribution in [0, 0.1) is 5.21 Å². The fraction of sp³-hybridized carbons (Fsp3) is 0. The zero-order valence-corrected chi connectivity index (χ0v) is 9.09. The van der Waals surface area contributed by atoms with E-state index >= 15 is 0 Å². The molecule has 0 amide bonds. The highest BCUT2D eigenvalue weighted by Crippen LogP contribution is 2.18. The van der Waals surface area contributed by atoms with Crippen LogP contribution in [0.25, 0.3) is 0 Å². The Labute approximate surface area is 93.3 Å². The Bertz CT molecular complexity index is 594. The topological polar surface area (TPSA) is 61.1 Å². The van der Waals surface area contributed by atoms with Gasteiger partial charge in [-0.25, -0.2) is 8.42 Å². The van der Waals surface area contributed by atoms with Crippen LogP contribution >= 0.6 is 0 Å². The van der Waals surface area contributed by atoms with Crippen molar-refractivity contribution in [3.63, 3.8) is 0 Å². The molecule has 0 saturated heterocycles. The Kier molecular flexibility index (Phi) is 2.62. The van der Waals surface area contributed by atoms with Crippen LogP contribution in [0.5, 0.6) is 0 Å². The lowest BCUT2D eigenvalue weighted by Crippen LogP contribution is -2.25. The van der Waals surface area contributed by atoms with Gasteiger partial charge < -0.3 is 5.21 Å². The minimum Gasteiger partial charge on any atom is -0.619 e. The van der Waals surface area contributed by atoms with E-state index in [1.165, 1.54) is 30.5 Å². The van der Waals surface area contributed by atoms with Crippen molar-refractivity contribution < 1.29 is 13.1 Å². The molecule has 2 aromatic rings. The number of sulfone groups is 1. The summed E-state index contributed by atoms with van der Waals surface area (Å²) in [5, 5.41) is 11.0. The second-order valence-electron chi connectivity index (χ2n) is 3.22. The van der Waals surface area contributed by atoms with E-state index in [-0.39, 0.29) is 9.79 Å². The SMILES string of the molecule is O=S(=O)(c1ccccc1)c1ccc[n+]([O-])c1. The minimum absolute atomic E-state index is 0.00352. The number of hydrogen-bond donors (Lipinski definition) is 0. The Morgan fingerprint density at radius 3 is 2.19 bits per heavy atom. The van der Waals surface area contributed by atoms with E-state index in [0.717, 1.165) is 6.20 Å². The molecule has 0 spiro atoms. The predicted molar refractivity (Wildman–Crippen MR) is 57.3 cm³/mol. The quantitative estimate of drug-likeness (QED) is 0.579. The molecule has 0 fully saturated rings. The van der Waals surface area contributed by atoms with E-state index in [0.29, 0.717) is 4.73 Å². The van der Waals surface area contributed by atoms with Gasteiger partial charge in [0.1, 0.15) is 4.90 Å². The summed E-state index contributed by atoms with van der Waals surface area (Å²) < 4.78 is 24.5. The average Bonchev–Trinajstić information content (AvgIpc) is 2.30. The van der Waals surface area contributed by atoms with Gasteiger partial charge in [-0.2, -0.15) is 4.73 Å². The van der Waals surface area contributed by atoms with Gasteiger partial charge in [-0.1, -0.05) is 18.2 Å². The second-order valence-corrected chi connectivity index (χ2v) is 5.17. The molecule has 0 radical (unpaired) electrons. The highest BCUT2D eigenvalue weighted by molar-refractivity contribution is 7.91. The van der Waals surface area contributed by atoms with Gasteiger partial charge in [-0.05, 0) is 18.2 Å². The van der Waals surface area contributed by atoms with E-state index in [1.54, 1.807) is 18.2 Å². The van der Waals surface area contributed by atoms with Crippen LogP contribution in [-0.4, -0.2) is 8.42 Å². The first-order valence-electron chi connectivity index (χ1n) is 4.60. The molecule has 0 aliphatic carbocycles. The monoisotopic (exact) mass is 235 g/mol. The standard InChI is InChI=1S/C11H9NO3S/c13-12-8-4-7-11(9-12)16(14,15)10-5-2-1-3-6-10/h1-9H. The molecule has 2 rings (SSSR count). The molecule has 16 heavy (non-hydrogen) atoms. The van der Waals surface area contributed by atoms with Gasteiger partial charge in [0.15, 0.2) is 12.4 Å². The third kappa shape index (κ3) is 1.90. The van der Waals surface area contributed by atoms with Crippen LogP contribution in [0.4, 0.5) is 0 Å². The summed E-state index contributed by atoms with van der Waals surface area (Å²) in [5.74, 6) is 0. The van der Waals surface area contributed by atoms with Crippen molar-refractivity contribution in [2.75, 3.05) is 0 Å². The Balaban J connectivity index is 2.56. The van der Waals surface area contributed by atoms with Gasteiger partial charge >= 0.3 is 0 Å². The van der Waals surface area contributed by atoms with Gasteiger partial charge in [0.05, 0.1) is 4.90 Å². The van der Waals surface area contributed by atoms with Crippen LogP contribution in [-0.2, 0) is 9.84 Å². The summed E-state index contributed by atoms with van der Waals surface area (Å²) in [6.07, 6.45) is 2.28. The third-order valence-electron chi connectivity index (χ3n) is 2.11. The van der Waals surface area contributed by atoms with Gasteiger partial charge in [-0.15, -0.1) is 0 Å². The predicted octanol–water partition coefficient (Wildman–Crippen LogP) is 1.15. The number of nitrogens with zero attached hydrogens (tertiary/aromatic N) is 1. The Morgan fingerprint density at radius 2 is 1.56 bits per heavy atom. The van der Waals surface area contributed by atoms with E-state index < -0.39 is 9.84 Å². The van der Waals surface area contributed by atoms with Gasteiger partial charge in [-0.3, -0.25) is 0 Å². The molecule has 0 aliphatic heterocycles. The maximum atomic E-state index is 12.0. The van der Waals surface area contributed by atoms with Crippen molar-refractivity contribution in [2.24, 2.45) is 0 Å². The summed E-state index contributed by atoms with van der Waals surface area (Å²) >= 11 is 0. The second kappa shape index (κ2) is 3.94. The molecule has 1 aromatic carbocycles. The highest BCUT2D eigenvalue weighted by Gasteiger charge is 2.19. The zero-order valence-electron chi connectivity index (χ0n) is 8.28. The summed E-state index contributed by atoms with van der Waals surface area (Å²) in [6.45, 7) is 0. The molecule has 0 bridgehead atoms. The highest BCUT2D eigenvalue weighted by atomic mass is 32.2. The van der Waals surface area contributed by atoms with E-state index in [9.17, 15) is 13.6 Å². The maximum Gasteiger partial charge on any atom is 0.212 e. The van der Waals surface area contributed by atoms with Crippen molar-refractivity contribution in [1.82, 2.24) is 0 Å². The van der Waals surface area contributed by atoms with Gasteiger partial charge in [0, 0.05) is 6.07 Å². The largest absolute Gasteiger partial charge is 0.619 e. The van der Waals surface area contributed by atoms with Crippen LogP contribution in [0.15, 0.2) is 64.6 Å². The lowest BCUT2D eigenvalue weighted by atomic mass is 10.4. The first kappa shape index (κ1) is 10.6. The van der Waals surface area contributed by atoms with E-state index in [1.807, 2.05) is 0 Å². The molecule has 1 aromatic heterocycles. The van der Waals surface area contributed by atoms with Crippen LogP contribution in [0.3, 0.4) is 0 Å². The van der Waals surface area contributed by atoms with Crippen molar-refractivity contribution in [2.45, 2.75) is 9.79 Å². The van der Waals surface area contributed by atoms with Gasteiger partial charge in [0.25, 0.3) is 0 Å². The molecule has 0 saturated carbocycles. The zero-order chi connectivity index (χ0) is 11.6. The summed E-state index contributed by atoms with van der Waals surface area (Å²) in [4.78, 5) is 0.178. The molecular formula is C11H9NO3S. The fourth-order valence-electron chi connectivity index (χ4n) is 1.33. The molecule has 1 heterocycles. The van der Waals surface area contributed by atoms with Crippen molar-refractivity contribution in [1.29, 1.82) is 0 Å². The normalized spacial score (nSPS) is 11.2. The van der Waals surface area contributed by atoms with Crippen molar-refractivity contribution in [3.05, 3.63) is 60.1 Å². The van der Waals surface area contributed by atoms with Crippen LogP contribution < -0.4 is 4.73 Å². The lowest BCUT2D eigenvalue weighted by Gasteiger charge is -2.03. The molecule has 0 N–H and O–H groups in total. The number of hydrogen-bond acceptors (Lipinski definition) is 3. The van der Waals surface area contributed by atoms with Crippen molar-refractivity contribution >= 4 is 9.84 Å². The summed E-state index contributed by atoms with van der Waals surface area (Å²) in [7, 11) is -3.58. The molecule has 4 nitrogen and oxygen atoms in total. The summed E-state index contributed by atoms with van der Waals surface area (Å²) in [5.41, 5.74) is 0. The molecule has 82 valence electrons. The number of aromatic nitrogens is 1. The Morgan fingerprint density at radius 1 is 0.938 bits per heavy atom. The molecule has 0 aliphatic rings. The smallest absolute Gasteiger partial charge is 0.212 e. The minimum atomic E-state index is -3.58. The lowest BCUT2D eigenvalue weighted by molar-refractivity contribution is -0.607. The van der Waals surface area contributed by atoms with Crippen LogP contribution in [0.2, 0.25) is 0 Å². The average molecular weight is 235 g/mol. The van der Waals surface area contributed by atoms with Crippen molar-refractivity contribution in [3.8, 4) is 0 Å². The maximum absolute atomic E-state index is 12.0. The van der Waals surface area contributed by atoms with Gasteiger partial charge in [0.2, 0.25) is 9.84 Å². The third-order valence-corrected chi connectivity index (χ3v) is 3.87. The summed E-state index contributed by atoms with van der Waals surface area (Å²) in [6, 6.07) is 10.8.